The van der Waals surface area contributed by atoms with Crippen LogP contribution in [0.2, 0.25) is 0 Å². The number of carboxylic acid groups (broad SMARTS) is 1. The number of carbonyl (C=O) groups is 1. The Kier molecular flexibility index (Phi) is 3.68. The number of aliphatic carboxylic acids is 1. The van der Waals surface area contributed by atoms with Gasteiger partial charge in [0, 0.05) is 12.1 Å². The van der Waals surface area contributed by atoms with E-state index in [1.54, 1.807) is 0 Å². The molecule has 1 fully saturated rings. The molecule has 8 nitrogen and oxygen atoms in total. The van der Waals surface area contributed by atoms with E-state index in [1.807, 2.05) is 4.72 Å². The molecule has 0 heterocycles. The minimum absolute atomic E-state index is 0.136. The highest BCUT2D eigenvalue weighted by atomic mass is 32.2. The van der Waals surface area contributed by atoms with Crippen LogP contribution in [-0.4, -0.2) is 30.0 Å². The second-order valence-electron chi connectivity index (χ2n) is 4.72. The highest BCUT2D eigenvalue weighted by molar-refractivity contribution is 7.89. The number of nitrogens with zero attached hydrogens (tertiary/aromatic N) is 1. The maximum atomic E-state index is 13.5. The van der Waals surface area contributed by atoms with Crippen LogP contribution in [0.5, 0.6) is 0 Å². The molecule has 1 aliphatic carbocycles. The Morgan fingerprint density at radius 2 is 2.05 bits per heavy atom. The van der Waals surface area contributed by atoms with Gasteiger partial charge in [-0.2, -0.15) is 9.11 Å². The molecule has 1 saturated carbocycles. The topological polar surface area (TPSA) is 127 Å². The van der Waals surface area contributed by atoms with Gasteiger partial charge in [-0.3, -0.25) is 14.9 Å². The van der Waals surface area contributed by atoms with Gasteiger partial charge in [0.15, 0.2) is 0 Å². The smallest absolute Gasteiger partial charge is 0.324 e. The van der Waals surface area contributed by atoms with Gasteiger partial charge in [0.1, 0.15) is 5.54 Å². The molecule has 0 unspecified atom stereocenters. The van der Waals surface area contributed by atoms with Crippen molar-refractivity contribution in [2.24, 2.45) is 0 Å². The lowest BCUT2D eigenvalue weighted by atomic mass is 9.78. The summed E-state index contributed by atoms with van der Waals surface area (Å²) in [6.07, 6.45) is 0.831. The Morgan fingerprint density at radius 3 is 2.43 bits per heavy atom. The number of hydrogen-bond acceptors (Lipinski definition) is 5. The predicted octanol–water partition coefficient (Wildman–Crippen LogP) is 1.02. The molecule has 1 aromatic rings. The van der Waals surface area contributed by atoms with E-state index < -0.39 is 42.9 Å². The van der Waals surface area contributed by atoms with E-state index in [2.05, 4.69) is 0 Å². The molecule has 1 aliphatic rings. The third-order valence-corrected chi connectivity index (χ3v) is 4.91. The number of nitrogens with one attached hydrogen (secondary N) is 1. The Hall–Kier alpha value is -2.07. The van der Waals surface area contributed by atoms with E-state index in [0.29, 0.717) is 12.5 Å². The molecular formula is C11H11FN2O6S. The molecule has 1 aromatic carbocycles. The van der Waals surface area contributed by atoms with Crippen molar-refractivity contribution in [2.75, 3.05) is 0 Å². The fraction of sp³-hybridized carbons (Fsp3) is 0.364. The molecule has 0 amide bonds. The van der Waals surface area contributed by atoms with E-state index in [0.717, 1.165) is 12.1 Å². The molecule has 10 heteroatoms. The minimum atomic E-state index is -4.28. The number of halogens is 1. The molecule has 2 rings (SSSR count). The predicted molar refractivity (Wildman–Crippen MR) is 67.6 cm³/mol. The van der Waals surface area contributed by atoms with Crippen molar-refractivity contribution in [3.8, 4) is 0 Å². The zero-order valence-electron chi connectivity index (χ0n) is 10.6. The summed E-state index contributed by atoms with van der Waals surface area (Å²) in [5.74, 6) is -2.61. The summed E-state index contributed by atoms with van der Waals surface area (Å²) in [6.45, 7) is 0. The second-order valence-corrected chi connectivity index (χ2v) is 6.40. The van der Waals surface area contributed by atoms with Gasteiger partial charge in [-0.15, -0.1) is 0 Å². The molecule has 0 aromatic heterocycles. The van der Waals surface area contributed by atoms with Crippen LogP contribution in [0.15, 0.2) is 23.1 Å². The molecule has 21 heavy (non-hydrogen) atoms. The maximum Gasteiger partial charge on any atom is 0.324 e. The Labute approximate surface area is 118 Å². The lowest BCUT2D eigenvalue weighted by molar-refractivity contribution is -0.387. The van der Waals surface area contributed by atoms with Gasteiger partial charge in [0.05, 0.1) is 9.82 Å². The lowest BCUT2D eigenvalue weighted by Crippen LogP contribution is -2.58. The monoisotopic (exact) mass is 318 g/mol. The number of carboxylic acids is 1. The summed E-state index contributed by atoms with van der Waals surface area (Å²) in [7, 11) is -4.28. The number of rotatable bonds is 5. The standard InChI is InChI=1S/C11H11FN2O6S/c12-8-6-7(2-3-9(8)14(17)18)21(19,20)13-11(10(15)16)4-1-5-11/h2-3,6,13H,1,4-5H2,(H,15,16). The molecule has 0 bridgehead atoms. The summed E-state index contributed by atoms with van der Waals surface area (Å²) < 4.78 is 39.6. The molecular weight excluding hydrogens is 307 g/mol. The molecule has 2 N–H and O–H groups in total. The number of nitro benzene ring substituents is 1. The summed E-state index contributed by atoms with van der Waals surface area (Å²) in [5, 5.41) is 19.6. The van der Waals surface area contributed by atoms with E-state index in [-0.39, 0.29) is 12.8 Å². The van der Waals surface area contributed by atoms with Crippen LogP contribution in [0.3, 0.4) is 0 Å². The fourth-order valence-corrected chi connectivity index (χ4v) is 3.44. The van der Waals surface area contributed by atoms with E-state index >= 15 is 0 Å². The average Bonchev–Trinajstić information content (AvgIpc) is 2.32. The zero-order chi connectivity index (χ0) is 15.8. The summed E-state index contributed by atoms with van der Waals surface area (Å²) in [4.78, 5) is 20.1. The largest absolute Gasteiger partial charge is 0.480 e. The highest BCUT2D eigenvalue weighted by Crippen LogP contribution is 2.34. The molecule has 0 aliphatic heterocycles. The molecule has 0 atom stereocenters. The summed E-state index contributed by atoms with van der Waals surface area (Å²) >= 11 is 0. The van der Waals surface area contributed by atoms with Crippen LogP contribution in [0.25, 0.3) is 0 Å². The minimum Gasteiger partial charge on any atom is -0.480 e. The Balaban J connectivity index is 2.34. The van der Waals surface area contributed by atoms with E-state index in [4.69, 9.17) is 5.11 Å². The van der Waals surface area contributed by atoms with Crippen molar-refractivity contribution in [1.82, 2.24) is 4.72 Å². The lowest BCUT2D eigenvalue weighted by Gasteiger charge is -2.37. The third kappa shape index (κ3) is 2.72. The van der Waals surface area contributed by atoms with Gasteiger partial charge in [-0.25, -0.2) is 8.42 Å². The van der Waals surface area contributed by atoms with Crippen molar-refractivity contribution < 1.29 is 27.6 Å². The van der Waals surface area contributed by atoms with Crippen molar-refractivity contribution >= 4 is 21.7 Å². The number of sulfonamides is 1. The molecule has 0 saturated heterocycles. The van der Waals surface area contributed by atoms with Crippen LogP contribution in [0.1, 0.15) is 19.3 Å². The van der Waals surface area contributed by atoms with Crippen molar-refractivity contribution in [3.63, 3.8) is 0 Å². The molecule has 114 valence electrons. The van der Waals surface area contributed by atoms with E-state index in [9.17, 15) is 27.7 Å². The first-order valence-corrected chi connectivity index (χ1v) is 7.38. The van der Waals surface area contributed by atoms with Crippen molar-refractivity contribution in [3.05, 3.63) is 34.1 Å². The van der Waals surface area contributed by atoms with Crippen LogP contribution in [0.4, 0.5) is 10.1 Å². The first-order valence-electron chi connectivity index (χ1n) is 5.89. The van der Waals surface area contributed by atoms with Crippen molar-refractivity contribution in [1.29, 1.82) is 0 Å². The normalized spacial score (nSPS) is 17.0. The maximum absolute atomic E-state index is 13.5. The van der Waals surface area contributed by atoms with Gasteiger partial charge in [-0.1, -0.05) is 0 Å². The van der Waals surface area contributed by atoms with Crippen LogP contribution >= 0.6 is 0 Å². The number of hydrogen-bond donors (Lipinski definition) is 2. The quantitative estimate of drug-likeness (QED) is 0.616. The van der Waals surface area contributed by atoms with Crippen molar-refractivity contribution in [2.45, 2.75) is 29.7 Å². The number of nitro groups is 1. The second kappa shape index (κ2) is 5.04. The number of benzene rings is 1. The summed E-state index contributed by atoms with van der Waals surface area (Å²) in [5.41, 5.74) is -2.44. The van der Waals surface area contributed by atoms with Crippen LogP contribution < -0.4 is 4.72 Å². The summed E-state index contributed by atoms with van der Waals surface area (Å²) in [6, 6.07) is 2.07. The van der Waals surface area contributed by atoms with Crippen LogP contribution in [-0.2, 0) is 14.8 Å². The van der Waals surface area contributed by atoms with Gasteiger partial charge >= 0.3 is 11.7 Å². The zero-order valence-corrected chi connectivity index (χ0v) is 11.4. The van der Waals surface area contributed by atoms with Gasteiger partial charge in [0.2, 0.25) is 15.8 Å². The molecule has 0 spiro atoms. The van der Waals surface area contributed by atoms with Gasteiger partial charge in [-0.05, 0) is 25.3 Å². The highest BCUT2D eigenvalue weighted by Gasteiger charge is 2.47. The fourth-order valence-electron chi connectivity index (χ4n) is 2.01. The van der Waals surface area contributed by atoms with Crippen LogP contribution in [0, 0.1) is 15.9 Å². The van der Waals surface area contributed by atoms with Gasteiger partial charge < -0.3 is 5.11 Å². The third-order valence-electron chi connectivity index (χ3n) is 3.37. The molecule has 0 radical (unpaired) electrons. The average molecular weight is 318 g/mol. The SMILES string of the molecule is O=C(O)C1(NS(=O)(=O)c2ccc([N+](=O)[O-])c(F)c2)CCC1. The first-order chi connectivity index (χ1) is 9.68. The van der Waals surface area contributed by atoms with E-state index in [1.165, 1.54) is 0 Å². The Morgan fingerprint density at radius 1 is 1.43 bits per heavy atom. The first kappa shape index (κ1) is 15.3. The Bertz CT molecular complexity index is 713. The van der Waals surface area contributed by atoms with Gasteiger partial charge in [0.25, 0.3) is 0 Å².